The van der Waals surface area contributed by atoms with Gasteiger partial charge in [0.05, 0.1) is 18.5 Å². The largest absolute Gasteiger partial charge is 0.395 e. The van der Waals surface area contributed by atoms with E-state index in [1.807, 2.05) is 12.3 Å². The van der Waals surface area contributed by atoms with Gasteiger partial charge in [0.15, 0.2) is 0 Å². The second kappa shape index (κ2) is 5.98. The predicted octanol–water partition coefficient (Wildman–Crippen LogP) is 1.29. The van der Waals surface area contributed by atoms with Crippen molar-refractivity contribution in [2.24, 2.45) is 0 Å². The summed E-state index contributed by atoms with van der Waals surface area (Å²) in [5, 5.41) is 11.8. The number of pyridine rings is 1. The minimum atomic E-state index is 0.148. The molecular formula is C13H21N3O. The van der Waals surface area contributed by atoms with Crippen molar-refractivity contribution in [1.29, 1.82) is 0 Å². The highest BCUT2D eigenvalue weighted by atomic mass is 16.3. The highest BCUT2D eigenvalue weighted by Crippen LogP contribution is 2.25. The first-order valence-electron chi connectivity index (χ1n) is 6.29. The quantitative estimate of drug-likeness (QED) is 0.826. The van der Waals surface area contributed by atoms with Crippen LogP contribution in [0.2, 0.25) is 0 Å². The second-order valence-corrected chi connectivity index (χ2v) is 4.72. The summed E-state index contributed by atoms with van der Waals surface area (Å²) in [6, 6.07) is 4.15. The summed E-state index contributed by atoms with van der Waals surface area (Å²) in [7, 11) is 2.17. The molecule has 1 aromatic heterocycles. The van der Waals surface area contributed by atoms with Gasteiger partial charge in [0.25, 0.3) is 0 Å². The Morgan fingerprint density at radius 1 is 1.53 bits per heavy atom. The molecule has 17 heavy (non-hydrogen) atoms. The van der Waals surface area contributed by atoms with Crippen molar-refractivity contribution < 1.29 is 5.11 Å². The lowest BCUT2D eigenvalue weighted by molar-refractivity contribution is 0.248. The van der Waals surface area contributed by atoms with Gasteiger partial charge in [-0.25, -0.2) is 0 Å². The lowest BCUT2D eigenvalue weighted by atomic mass is 9.94. The molecule has 2 N–H and O–H groups in total. The number of anilines is 1. The number of nitrogens with one attached hydrogen (secondary N) is 1. The third-order valence-corrected chi connectivity index (χ3v) is 3.27. The molecule has 1 aliphatic heterocycles. The minimum absolute atomic E-state index is 0.148. The van der Waals surface area contributed by atoms with E-state index >= 15 is 0 Å². The van der Waals surface area contributed by atoms with Gasteiger partial charge in [-0.05, 0) is 38.6 Å². The van der Waals surface area contributed by atoms with Crippen molar-refractivity contribution in [3.8, 4) is 0 Å². The molecule has 0 amide bonds. The third kappa shape index (κ3) is 3.41. The number of rotatable bonds is 4. The summed E-state index contributed by atoms with van der Waals surface area (Å²) in [6.45, 7) is 3.03. The fraction of sp³-hybridized carbons (Fsp3) is 0.615. The zero-order valence-electron chi connectivity index (χ0n) is 10.4. The van der Waals surface area contributed by atoms with Crippen molar-refractivity contribution in [3.63, 3.8) is 0 Å². The highest BCUT2D eigenvalue weighted by molar-refractivity contribution is 5.41. The minimum Gasteiger partial charge on any atom is -0.395 e. The number of hydrogen-bond acceptors (Lipinski definition) is 4. The number of aromatic nitrogens is 1. The Morgan fingerprint density at radius 2 is 2.41 bits per heavy atom. The van der Waals surface area contributed by atoms with Gasteiger partial charge in [-0.2, -0.15) is 0 Å². The zero-order chi connectivity index (χ0) is 12.1. The van der Waals surface area contributed by atoms with Crippen molar-refractivity contribution in [3.05, 3.63) is 24.0 Å². The average Bonchev–Trinajstić information content (AvgIpc) is 2.37. The van der Waals surface area contributed by atoms with Crippen LogP contribution in [-0.2, 0) is 0 Å². The lowest BCUT2D eigenvalue weighted by Gasteiger charge is -2.29. The second-order valence-electron chi connectivity index (χ2n) is 4.72. The molecule has 1 unspecified atom stereocenters. The Morgan fingerprint density at radius 3 is 3.06 bits per heavy atom. The first kappa shape index (κ1) is 12.3. The molecule has 0 spiro atoms. The molecule has 0 saturated carbocycles. The van der Waals surface area contributed by atoms with E-state index in [-0.39, 0.29) is 6.61 Å². The molecule has 1 aromatic rings. The van der Waals surface area contributed by atoms with Crippen LogP contribution in [0, 0.1) is 0 Å². The maximum atomic E-state index is 8.73. The number of likely N-dealkylation sites (tertiary alicyclic amines) is 1. The van der Waals surface area contributed by atoms with Gasteiger partial charge in [0.1, 0.15) is 0 Å². The van der Waals surface area contributed by atoms with Crippen LogP contribution in [0.1, 0.15) is 24.5 Å². The average molecular weight is 235 g/mol. The van der Waals surface area contributed by atoms with Crippen molar-refractivity contribution in [2.45, 2.75) is 18.8 Å². The zero-order valence-corrected chi connectivity index (χ0v) is 10.4. The van der Waals surface area contributed by atoms with Gasteiger partial charge in [0.2, 0.25) is 0 Å². The van der Waals surface area contributed by atoms with Gasteiger partial charge in [-0.1, -0.05) is 0 Å². The topological polar surface area (TPSA) is 48.4 Å². The third-order valence-electron chi connectivity index (χ3n) is 3.27. The fourth-order valence-corrected chi connectivity index (χ4v) is 2.36. The molecule has 1 saturated heterocycles. The molecule has 2 heterocycles. The first-order chi connectivity index (χ1) is 8.29. The summed E-state index contributed by atoms with van der Waals surface area (Å²) in [5.74, 6) is 0.570. The van der Waals surface area contributed by atoms with E-state index < -0.39 is 0 Å². The Hall–Kier alpha value is -1.13. The maximum absolute atomic E-state index is 8.73. The molecule has 1 aliphatic rings. The van der Waals surface area contributed by atoms with Gasteiger partial charge >= 0.3 is 0 Å². The van der Waals surface area contributed by atoms with E-state index in [1.165, 1.54) is 25.1 Å². The molecule has 4 heteroatoms. The number of hydrogen-bond donors (Lipinski definition) is 2. The molecule has 2 rings (SSSR count). The summed E-state index contributed by atoms with van der Waals surface area (Å²) >= 11 is 0. The molecule has 94 valence electrons. The van der Waals surface area contributed by atoms with Gasteiger partial charge < -0.3 is 15.3 Å². The van der Waals surface area contributed by atoms with Gasteiger partial charge in [0, 0.05) is 24.7 Å². The summed E-state index contributed by atoms with van der Waals surface area (Å²) < 4.78 is 0. The van der Waals surface area contributed by atoms with Crippen LogP contribution in [0.15, 0.2) is 18.3 Å². The Bertz CT molecular complexity index is 339. The Balaban J connectivity index is 1.96. The molecule has 0 radical (unpaired) electrons. The Labute approximate surface area is 103 Å². The number of aliphatic hydroxyl groups excluding tert-OH is 1. The van der Waals surface area contributed by atoms with Crippen LogP contribution < -0.4 is 5.32 Å². The van der Waals surface area contributed by atoms with Crippen LogP contribution >= 0.6 is 0 Å². The summed E-state index contributed by atoms with van der Waals surface area (Å²) in [5.41, 5.74) is 2.16. The summed E-state index contributed by atoms with van der Waals surface area (Å²) in [4.78, 5) is 6.89. The maximum Gasteiger partial charge on any atom is 0.0604 e. The smallest absolute Gasteiger partial charge is 0.0604 e. The molecule has 1 fully saturated rings. The van der Waals surface area contributed by atoms with Crippen molar-refractivity contribution >= 4 is 5.69 Å². The van der Waals surface area contributed by atoms with Crippen LogP contribution in [-0.4, -0.2) is 48.3 Å². The van der Waals surface area contributed by atoms with E-state index in [4.69, 9.17) is 5.11 Å². The summed E-state index contributed by atoms with van der Waals surface area (Å²) in [6.07, 6.45) is 4.35. The molecule has 0 aliphatic carbocycles. The molecule has 1 atom stereocenters. The molecule has 0 aromatic carbocycles. The van der Waals surface area contributed by atoms with Crippen LogP contribution in [0.5, 0.6) is 0 Å². The van der Waals surface area contributed by atoms with Crippen molar-refractivity contribution in [2.75, 3.05) is 38.6 Å². The first-order valence-corrected chi connectivity index (χ1v) is 6.29. The van der Waals surface area contributed by atoms with E-state index in [0.717, 1.165) is 12.2 Å². The van der Waals surface area contributed by atoms with E-state index in [9.17, 15) is 0 Å². The monoisotopic (exact) mass is 235 g/mol. The van der Waals surface area contributed by atoms with E-state index in [1.54, 1.807) is 0 Å². The fourth-order valence-electron chi connectivity index (χ4n) is 2.36. The van der Waals surface area contributed by atoms with Crippen LogP contribution in [0.25, 0.3) is 0 Å². The van der Waals surface area contributed by atoms with E-state index in [0.29, 0.717) is 12.5 Å². The van der Waals surface area contributed by atoms with Crippen molar-refractivity contribution in [1.82, 2.24) is 9.88 Å². The Kier molecular flexibility index (Phi) is 4.34. The molecule has 0 bridgehead atoms. The molecular weight excluding hydrogens is 214 g/mol. The number of nitrogens with zero attached hydrogens (tertiary/aromatic N) is 2. The standard InChI is InChI=1S/C13H21N3O/c1-16-7-2-3-11(10-16)13-5-4-12(9-15-13)14-6-8-17/h4-5,9,11,14,17H,2-3,6-8,10H2,1H3. The normalized spacial score (nSPS) is 21.4. The van der Waals surface area contributed by atoms with E-state index in [2.05, 4.69) is 28.3 Å². The number of likely N-dealkylation sites (N-methyl/N-ethyl adjacent to an activating group) is 1. The van der Waals surface area contributed by atoms with Crippen LogP contribution in [0.4, 0.5) is 5.69 Å². The predicted molar refractivity (Wildman–Crippen MR) is 69.3 cm³/mol. The van der Waals surface area contributed by atoms with Crippen LogP contribution in [0.3, 0.4) is 0 Å². The highest BCUT2D eigenvalue weighted by Gasteiger charge is 2.19. The SMILES string of the molecule is CN1CCCC(c2ccc(NCCO)cn2)C1. The molecule has 4 nitrogen and oxygen atoms in total. The van der Waals surface area contributed by atoms with Gasteiger partial charge in [-0.3, -0.25) is 4.98 Å². The van der Waals surface area contributed by atoms with Gasteiger partial charge in [-0.15, -0.1) is 0 Å². The number of piperidine rings is 1. The lowest BCUT2D eigenvalue weighted by Crippen LogP contribution is -2.31. The number of aliphatic hydroxyl groups is 1.